The number of aldehydes is 1. The van der Waals surface area contributed by atoms with Gasteiger partial charge in [-0.15, -0.1) is 0 Å². The van der Waals surface area contributed by atoms with Crippen LogP contribution in [-0.4, -0.2) is 48.5 Å². The highest BCUT2D eigenvalue weighted by Crippen LogP contribution is 2.43. The maximum absolute atomic E-state index is 14.3. The second kappa shape index (κ2) is 9.28. The molecule has 1 fully saturated rings. The van der Waals surface area contributed by atoms with Crippen molar-refractivity contribution >= 4 is 20.5 Å². The Balaban J connectivity index is 2.04. The van der Waals surface area contributed by atoms with Crippen molar-refractivity contribution in [2.45, 2.75) is 57.3 Å². The summed E-state index contributed by atoms with van der Waals surface area (Å²) >= 11 is 0. The quantitative estimate of drug-likeness (QED) is 0.470. The fourth-order valence-corrected chi connectivity index (χ4v) is 4.89. The van der Waals surface area contributed by atoms with Gasteiger partial charge in [-0.1, -0.05) is 39.0 Å². The predicted molar refractivity (Wildman–Crippen MR) is 123 cm³/mol. The van der Waals surface area contributed by atoms with Crippen LogP contribution in [0, 0.1) is 5.92 Å². The van der Waals surface area contributed by atoms with E-state index >= 15 is 0 Å². The molecule has 0 saturated carbocycles. The Labute approximate surface area is 192 Å². The van der Waals surface area contributed by atoms with Gasteiger partial charge in [-0.25, -0.2) is 4.79 Å². The number of alkyl halides is 1. The molecule has 10 heteroatoms. The van der Waals surface area contributed by atoms with Gasteiger partial charge in [-0.2, -0.15) is 4.57 Å². The minimum absolute atomic E-state index is 0.147. The van der Waals surface area contributed by atoms with Crippen molar-refractivity contribution < 1.29 is 23.1 Å². The minimum atomic E-state index is -2.41. The maximum atomic E-state index is 14.3. The molecule has 0 radical (unpaired) electrons. The fourth-order valence-electron chi connectivity index (χ4n) is 3.54. The lowest BCUT2D eigenvalue weighted by Gasteiger charge is -2.40. The molecule has 2 aromatic rings. The fraction of sp³-hybridized carbons (Fsp3) is 0.478. The SMILES string of the molecule is CC(C)(C)[Si](C)(C)O[C@H]1[C@@H](CF)[C@H](n2ccc(=O)n(C(=O)c3ccccc3)c2=O)O[C@@H]1C=O. The molecule has 1 aromatic carbocycles. The van der Waals surface area contributed by atoms with Gasteiger partial charge in [-0.05, 0) is 30.3 Å². The lowest BCUT2D eigenvalue weighted by Crippen LogP contribution is -2.49. The predicted octanol–water partition coefficient (Wildman–Crippen LogP) is 2.77. The lowest BCUT2D eigenvalue weighted by molar-refractivity contribution is -0.122. The van der Waals surface area contributed by atoms with Gasteiger partial charge < -0.3 is 14.0 Å². The van der Waals surface area contributed by atoms with Crippen LogP contribution in [0.25, 0.3) is 0 Å². The van der Waals surface area contributed by atoms with Crippen molar-refractivity contribution in [3.63, 3.8) is 0 Å². The van der Waals surface area contributed by atoms with Crippen molar-refractivity contribution in [2.24, 2.45) is 5.92 Å². The molecule has 1 saturated heterocycles. The Bertz CT molecular complexity index is 1140. The Kier molecular flexibility index (Phi) is 7.01. The van der Waals surface area contributed by atoms with Crippen LogP contribution in [0.15, 0.2) is 52.2 Å². The summed E-state index contributed by atoms with van der Waals surface area (Å²) < 4.78 is 27.8. The Hall–Kier alpha value is -2.69. The third-order valence-electron chi connectivity index (χ3n) is 6.47. The van der Waals surface area contributed by atoms with Crippen LogP contribution in [0.5, 0.6) is 0 Å². The zero-order valence-electron chi connectivity index (χ0n) is 19.4. The van der Waals surface area contributed by atoms with Crippen LogP contribution < -0.4 is 11.2 Å². The van der Waals surface area contributed by atoms with Crippen LogP contribution >= 0.6 is 0 Å². The van der Waals surface area contributed by atoms with Crippen molar-refractivity contribution in [2.75, 3.05) is 6.67 Å². The molecule has 3 rings (SSSR count). The number of benzene rings is 1. The summed E-state index contributed by atoms with van der Waals surface area (Å²) in [6.45, 7) is 9.07. The molecular formula is C23H29FN2O6Si. The molecule has 1 aromatic heterocycles. The summed E-state index contributed by atoms with van der Waals surface area (Å²) in [6, 6.07) is 8.91. The van der Waals surface area contributed by atoms with Crippen LogP contribution in [0.4, 0.5) is 4.39 Å². The zero-order chi connectivity index (χ0) is 24.6. The van der Waals surface area contributed by atoms with Gasteiger partial charge in [0.2, 0.25) is 0 Å². The van der Waals surface area contributed by atoms with E-state index in [2.05, 4.69) is 0 Å². The van der Waals surface area contributed by atoms with Gasteiger partial charge in [0.15, 0.2) is 14.6 Å². The van der Waals surface area contributed by atoms with E-state index in [0.29, 0.717) is 10.9 Å². The second-order valence-electron chi connectivity index (χ2n) is 9.64. The first-order valence-corrected chi connectivity index (χ1v) is 13.6. The highest BCUT2D eigenvalue weighted by atomic mass is 28.4. The Morgan fingerprint density at radius 3 is 2.36 bits per heavy atom. The summed E-state index contributed by atoms with van der Waals surface area (Å²) in [5.41, 5.74) is -1.65. The van der Waals surface area contributed by atoms with Crippen molar-refractivity contribution in [1.82, 2.24) is 9.13 Å². The molecule has 0 unspecified atom stereocenters. The molecule has 2 heterocycles. The molecule has 1 aliphatic rings. The van der Waals surface area contributed by atoms with Crippen LogP contribution in [0.1, 0.15) is 37.4 Å². The molecule has 1 aliphatic heterocycles. The minimum Gasteiger partial charge on any atom is -0.410 e. The van der Waals surface area contributed by atoms with E-state index in [1.165, 1.54) is 12.1 Å². The number of carbonyl (C=O) groups excluding carboxylic acids is 2. The number of hydrogen-bond acceptors (Lipinski definition) is 6. The van der Waals surface area contributed by atoms with E-state index < -0.39 is 56.5 Å². The third kappa shape index (κ3) is 4.68. The van der Waals surface area contributed by atoms with Crippen LogP contribution in [0.3, 0.4) is 0 Å². The van der Waals surface area contributed by atoms with Gasteiger partial charge in [0.1, 0.15) is 12.3 Å². The lowest BCUT2D eigenvalue weighted by atomic mass is 10.0. The first kappa shape index (κ1) is 24.9. The molecule has 0 amide bonds. The van der Waals surface area contributed by atoms with Crippen molar-refractivity contribution in [3.8, 4) is 0 Å². The smallest absolute Gasteiger partial charge is 0.340 e. The number of ether oxygens (including phenoxy) is 1. The van der Waals surface area contributed by atoms with Gasteiger partial charge in [0.05, 0.1) is 18.7 Å². The largest absolute Gasteiger partial charge is 0.410 e. The van der Waals surface area contributed by atoms with E-state index in [0.717, 1.165) is 16.8 Å². The summed E-state index contributed by atoms with van der Waals surface area (Å²) in [5, 5.41) is -0.203. The number of carbonyl (C=O) groups is 2. The summed E-state index contributed by atoms with van der Waals surface area (Å²) in [6.07, 6.45) is -1.53. The number of hydrogen-bond donors (Lipinski definition) is 0. The maximum Gasteiger partial charge on any atom is 0.340 e. The number of rotatable bonds is 6. The Morgan fingerprint density at radius 2 is 1.82 bits per heavy atom. The van der Waals surface area contributed by atoms with Crippen LogP contribution in [-0.2, 0) is 14.0 Å². The van der Waals surface area contributed by atoms with E-state index in [1.807, 2.05) is 33.9 Å². The average Bonchev–Trinajstić information content (AvgIpc) is 3.10. The van der Waals surface area contributed by atoms with Gasteiger partial charge in [0, 0.05) is 17.8 Å². The molecule has 4 atom stereocenters. The van der Waals surface area contributed by atoms with E-state index in [4.69, 9.17) is 9.16 Å². The average molecular weight is 477 g/mol. The molecule has 8 nitrogen and oxygen atoms in total. The second-order valence-corrected chi connectivity index (χ2v) is 14.4. The highest BCUT2D eigenvalue weighted by molar-refractivity contribution is 6.74. The Morgan fingerprint density at radius 1 is 1.18 bits per heavy atom. The van der Waals surface area contributed by atoms with Gasteiger partial charge >= 0.3 is 5.69 Å². The molecule has 0 N–H and O–H groups in total. The van der Waals surface area contributed by atoms with Crippen molar-refractivity contribution in [3.05, 3.63) is 69.0 Å². The number of halogens is 1. The normalized spacial score (nSPS) is 23.5. The monoisotopic (exact) mass is 476 g/mol. The van der Waals surface area contributed by atoms with Gasteiger partial charge in [0.25, 0.3) is 11.5 Å². The third-order valence-corrected chi connectivity index (χ3v) is 10.9. The number of aromatic nitrogens is 2. The molecule has 33 heavy (non-hydrogen) atoms. The topological polar surface area (TPSA) is 96.6 Å². The van der Waals surface area contributed by atoms with E-state index in [1.54, 1.807) is 18.2 Å². The summed E-state index contributed by atoms with van der Waals surface area (Å²) in [7, 11) is -2.41. The van der Waals surface area contributed by atoms with Crippen molar-refractivity contribution in [1.29, 1.82) is 0 Å². The van der Waals surface area contributed by atoms with Crippen LogP contribution in [0.2, 0.25) is 18.1 Å². The van der Waals surface area contributed by atoms with E-state index in [9.17, 15) is 23.6 Å². The number of nitrogens with zero attached hydrogens (tertiary/aromatic N) is 2. The summed E-state index contributed by atoms with van der Waals surface area (Å²) in [5.74, 6) is -1.79. The standard InChI is InChI=1S/C23H29FN2O6Si/c1-23(2,3)33(4,5)32-19-16(13-24)21(31-17(19)14-27)25-12-11-18(28)26(22(25)30)20(29)15-9-7-6-8-10-15/h6-12,14,16-17,19,21H,13H2,1-5H3/t16-,17-,19+,21-/m1/s1. The first-order chi connectivity index (χ1) is 15.4. The molecule has 0 spiro atoms. The molecular weight excluding hydrogens is 447 g/mol. The summed E-state index contributed by atoms with van der Waals surface area (Å²) in [4.78, 5) is 50.2. The highest BCUT2D eigenvalue weighted by Gasteiger charge is 2.51. The molecule has 0 aliphatic carbocycles. The van der Waals surface area contributed by atoms with Gasteiger partial charge in [-0.3, -0.25) is 18.5 Å². The molecule has 178 valence electrons. The molecule has 0 bridgehead atoms. The zero-order valence-corrected chi connectivity index (χ0v) is 20.4. The van der Waals surface area contributed by atoms with E-state index in [-0.39, 0.29) is 10.6 Å². The first-order valence-electron chi connectivity index (χ1n) is 10.7.